The number of rotatable bonds is 2. The summed E-state index contributed by atoms with van der Waals surface area (Å²) in [6.07, 6.45) is 6.48. The number of thiocarbonyl (C=S) groups is 1. The largest absolute Gasteiger partial charge is 0.323 e. The number of halogens is 1. The fourth-order valence-electron chi connectivity index (χ4n) is 3.07. The Morgan fingerprint density at radius 3 is 2.73 bits per heavy atom. The summed E-state index contributed by atoms with van der Waals surface area (Å²) in [6, 6.07) is 7.67. The number of thiophene rings is 1. The van der Waals surface area contributed by atoms with Gasteiger partial charge < -0.3 is 5.32 Å². The summed E-state index contributed by atoms with van der Waals surface area (Å²) in [4.78, 5) is 13.4. The van der Waals surface area contributed by atoms with Crippen LogP contribution in [0, 0.1) is 17.1 Å². The van der Waals surface area contributed by atoms with Crippen LogP contribution in [0.5, 0.6) is 0 Å². The highest BCUT2D eigenvalue weighted by atomic mass is 32.1. The van der Waals surface area contributed by atoms with Gasteiger partial charge in [-0.3, -0.25) is 10.1 Å². The van der Waals surface area contributed by atoms with Gasteiger partial charge in [0.15, 0.2) is 5.11 Å². The van der Waals surface area contributed by atoms with Gasteiger partial charge in [0.1, 0.15) is 16.9 Å². The molecule has 0 saturated carbocycles. The second kappa shape index (κ2) is 8.39. The number of hydrogen-bond donors (Lipinski definition) is 2. The Kier molecular flexibility index (Phi) is 5.96. The minimum Gasteiger partial charge on any atom is -0.323 e. The average Bonchev–Trinajstić information content (AvgIpc) is 2.90. The van der Waals surface area contributed by atoms with Crippen molar-refractivity contribution in [1.29, 1.82) is 5.26 Å². The molecule has 0 fully saturated rings. The molecule has 1 amide bonds. The van der Waals surface area contributed by atoms with Gasteiger partial charge in [-0.2, -0.15) is 5.26 Å². The van der Waals surface area contributed by atoms with E-state index in [2.05, 4.69) is 16.7 Å². The predicted molar refractivity (Wildman–Crippen MR) is 105 cm³/mol. The van der Waals surface area contributed by atoms with Gasteiger partial charge in [-0.25, -0.2) is 4.39 Å². The van der Waals surface area contributed by atoms with Crippen molar-refractivity contribution in [2.75, 3.05) is 5.32 Å². The SMILES string of the molecule is N#Cc1c(NC(=S)NC(=O)c2cccc(F)c2)sc2c1CCCCCC2. The van der Waals surface area contributed by atoms with Gasteiger partial charge in [-0.15, -0.1) is 11.3 Å². The van der Waals surface area contributed by atoms with E-state index in [0.717, 1.165) is 37.3 Å². The molecule has 0 saturated heterocycles. The van der Waals surface area contributed by atoms with Gasteiger partial charge >= 0.3 is 0 Å². The Morgan fingerprint density at radius 2 is 2.00 bits per heavy atom. The molecule has 0 unspecified atom stereocenters. The molecule has 26 heavy (non-hydrogen) atoms. The first kappa shape index (κ1) is 18.5. The normalized spacial score (nSPS) is 13.7. The monoisotopic (exact) mass is 387 g/mol. The van der Waals surface area contributed by atoms with Crippen LogP contribution in [-0.4, -0.2) is 11.0 Å². The van der Waals surface area contributed by atoms with Crippen LogP contribution in [-0.2, 0) is 12.8 Å². The Morgan fingerprint density at radius 1 is 1.23 bits per heavy atom. The van der Waals surface area contributed by atoms with Crippen molar-refractivity contribution < 1.29 is 9.18 Å². The fourth-order valence-corrected chi connectivity index (χ4v) is 4.57. The second-order valence-electron chi connectivity index (χ2n) is 6.15. The van der Waals surface area contributed by atoms with E-state index in [4.69, 9.17) is 12.2 Å². The molecule has 4 nitrogen and oxygen atoms in total. The molecular weight excluding hydrogens is 369 g/mol. The van der Waals surface area contributed by atoms with Crippen LogP contribution in [0.25, 0.3) is 0 Å². The van der Waals surface area contributed by atoms with Crippen LogP contribution in [0.4, 0.5) is 9.39 Å². The summed E-state index contributed by atoms with van der Waals surface area (Å²) in [5.74, 6) is -0.975. The lowest BCUT2D eigenvalue weighted by atomic mass is 9.97. The van der Waals surface area contributed by atoms with E-state index in [1.807, 2.05) is 0 Å². The number of carbonyl (C=O) groups excluding carboxylic acids is 1. The molecular formula is C19H18FN3OS2. The quantitative estimate of drug-likeness (QED) is 0.742. The lowest BCUT2D eigenvalue weighted by Crippen LogP contribution is -2.34. The highest BCUT2D eigenvalue weighted by Gasteiger charge is 2.20. The molecule has 3 rings (SSSR count). The van der Waals surface area contributed by atoms with Crippen molar-refractivity contribution in [3.63, 3.8) is 0 Å². The van der Waals surface area contributed by atoms with Crippen LogP contribution >= 0.6 is 23.6 Å². The smallest absolute Gasteiger partial charge is 0.257 e. The van der Waals surface area contributed by atoms with Crippen molar-refractivity contribution in [3.05, 3.63) is 51.7 Å². The number of carbonyl (C=O) groups is 1. The number of amides is 1. The molecule has 0 atom stereocenters. The van der Waals surface area contributed by atoms with Crippen LogP contribution in [0.2, 0.25) is 0 Å². The lowest BCUT2D eigenvalue weighted by Gasteiger charge is -2.09. The summed E-state index contributed by atoms with van der Waals surface area (Å²) < 4.78 is 13.2. The molecule has 1 aromatic carbocycles. The standard InChI is InChI=1S/C19H18FN3OS2/c20-13-7-5-6-12(10-13)17(24)22-19(25)23-18-15(11-21)14-8-3-1-2-4-9-16(14)26-18/h5-7,10H,1-4,8-9H2,(H2,22,23,24,25). The van der Waals surface area contributed by atoms with Crippen molar-refractivity contribution >= 4 is 39.6 Å². The zero-order valence-corrected chi connectivity index (χ0v) is 15.7. The molecule has 0 radical (unpaired) electrons. The number of nitriles is 1. The van der Waals surface area contributed by atoms with E-state index >= 15 is 0 Å². The number of hydrogen-bond acceptors (Lipinski definition) is 4. The first-order chi connectivity index (χ1) is 12.6. The van der Waals surface area contributed by atoms with E-state index in [-0.39, 0.29) is 10.7 Å². The molecule has 0 aliphatic heterocycles. The van der Waals surface area contributed by atoms with E-state index in [9.17, 15) is 14.4 Å². The van der Waals surface area contributed by atoms with E-state index in [1.165, 1.54) is 47.3 Å². The molecule has 0 spiro atoms. The molecule has 2 N–H and O–H groups in total. The van der Waals surface area contributed by atoms with Crippen molar-refractivity contribution in [2.24, 2.45) is 0 Å². The maximum absolute atomic E-state index is 13.2. The molecule has 1 aliphatic carbocycles. The minimum absolute atomic E-state index is 0.102. The van der Waals surface area contributed by atoms with Crippen molar-refractivity contribution in [3.8, 4) is 6.07 Å². The Hall–Kier alpha value is -2.30. The predicted octanol–water partition coefficient (Wildman–Crippen LogP) is 4.54. The van der Waals surface area contributed by atoms with Gasteiger partial charge in [0.25, 0.3) is 5.91 Å². The first-order valence-electron chi connectivity index (χ1n) is 8.51. The third kappa shape index (κ3) is 4.26. The Bertz CT molecular complexity index is 885. The highest BCUT2D eigenvalue weighted by molar-refractivity contribution is 7.80. The van der Waals surface area contributed by atoms with Gasteiger partial charge in [-0.05, 0) is 61.7 Å². The zero-order chi connectivity index (χ0) is 18.5. The fraction of sp³-hybridized carbons (Fsp3) is 0.316. The third-order valence-electron chi connectivity index (χ3n) is 4.32. The first-order valence-corrected chi connectivity index (χ1v) is 9.73. The average molecular weight is 388 g/mol. The highest BCUT2D eigenvalue weighted by Crippen LogP contribution is 2.36. The summed E-state index contributed by atoms with van der Waals surface area (Å²) in [5.41, 5.74) is 1.92. The molecule has 1 heterocycles. The van der Waals surface area contributed by atoms with Gasteiger partial charge in [0.2, 0.25) is 0 Å². The summed E-state index contributed by atoms with van der Waals surface area (Å²) in [6.45, 7) is 0. The molecule has 1 aromatic heterocycles. The van der Waals surface area contributed by atoms with E-state index in [0.29, 0.717) is 10.6 Å². The second-order valence-corrected chi connectivity index (χ2v) is 7.67. The van der Waals surface area contributed by atoms with Crippen molar-refractivity contribution in [1.82, 2.24) is 5.32 Å². The topological polar surface area (TPSA) is 64.9 Å². The Balaban J connectivity index is 1.74. The number of fused-ring (bicyclic) bond motifs is 1. The number of benzene rings is 1. The van der Waals surface area contributed by atoms with Crippen LogP contribution < -0.4 is 10.6 Å². The molecule has 0 bridgehead atoms. The minimum atomic E-state index is -0.490. The maximum Gasteiger partial charge on any atom is 0.257 e. The van der Waals surface area contributed by atoms with Gasteiger partial charge in [0, 0.05) is 10.4 Å². The van der Waals surface area contributed by atoms with Gasteiger partial charge in [-0.1, -0.05) is 18.9 Å². The molecule has 134 valence electrons. The lowest BCUT2D eigenvalue weighted by molar-refractivity contribution is 0.0977. The van der Waals surface area contributed by atoms with E-state index in [1.54, 1.807) is 0 Å². The number of aryl methyl sites for hydroxylation is 1. The third-order valence-corrected chi connectivity index (χ3v) is 5.74. The summed E-state index contributed by atoms with van der Waals surface area (Å²) in [7, 11) is 0. The molecule has 2 aromatic rings. The molecule has 7 heteroatoms. The maximum atomic E-state index is 13.2. The van der Waals surface area contributed by atoms with Crippen LogP contribution in [0.3, 0.4) is 0 Å². The summed E-state index contributed by atoms with van der Waals surface area (Å²) in [5, 5.41) is 15.9. The number of nitrogens with one attached hydrogen (secondary N) is 2. The zero-order valence-electron chi connectivity index (χ0n) is 14.1. The van der Waals surface area contributed by atoms with E-state index < -0.39 is 11.7 Å². The summed E-state index contributed by atoms with van der Waals surface area (Å²) >= 11 is 6.74. The van der Waals surface area contributed by atoms with Crippen LogP contribution in [0.15, 0.2) is 24.3 Å². The number of nitrogens with zero attached hydrogens (tertiary/aromatic N) is 1. The Labute approximate surface area is 161 Å². The molecule has 1 aliphatic rings. The van der Waals surface area contributed by atoms with Crippen molar-refractivity contribution in [2.45, 2.75) is 38.5 Å². The van der Waals surface area contributed by atoms with Crippen LogP contribution in [0.1, 0.15) is 52.0 Å². The van der Waals surface area contributed by atoms with Gasteiger partial charge in [0.05, 0.1) is 5.56 Å². The number of anilines is 1.